The van der Waals surface area contributed by atoms with Crippen LogP contribution in [0.3, 0.4) is 0 Å². The van der Waals surface area contributed by atoms with Gasteiger partial charge in [0, 0.05) is 6.42 Å². The molecule has 1 fully saturated rings. The highest BCUT2D eigenvalue weighted by Gasteiger charge is 2.54. The second-order valence-corrected chi connectivity index (χ2v) is 18.5. The Balaban J connectivity index is 1.67. The number of nitrogens with two attached hydrogens (primary N) is 1. The topological polar surface area (TPSA) is 107 Å². The van der Waals surface area contributed by atoms with Gasteiger partial charge in [0.25, 0.3) is 0 Å². The summed E-state index contributed by atoms with van der Waals surface area (Å²) in [6.07, 6.45) is 1.38. The minimum Gasteiger partial charge on any atom is -0.497 e. The van der Waals surface area contributed by atoms with Crippen molar-refractivity contribution in [3.05, 3.63) is 131 Å². The van der Waals surface area contributed by atoms with Crippen LogP contribution in [0.1, 0.15) is 50.1 Å². The van der Waals surface area contributed by atoms with E-state index in [0.717, 1.165) is 27.5 Å². The number of hydrogen-bond acceptors (Lipinski definition) is 8. The van der Waals surface area contributed by atoms with E-state index in [1.165, 1.54) is 0 Å². The molecule has 2 N–H and O–H groups in total. The van der Waals surface area contributed by atoms with E-state index in [1.807, 2.05) is 78.9 Å². The molecule has 4 aromatic rings. The summed E-state index contributed by atoms with van der Waals surface area (Å²) in [4.78, 5) is 16.7. The van der Waals surface area contributed by atoms with Crippen LogP contribution < -0.4 is 20.9 Å². The molecule has 1 saturated heterocycles. The van der Waals surface area contributed by atoms with E-state index in [2.05, 4.69) is 45.4 Å². The van der Waals surface area contributed by atoms with Crippen LogP contribution in [0.5, 0.6) is 11.5 Å². The average Bonchev–Trinajstić information content (AvgIpc) is 3.44. The molecule has 0 amide bonds. The molecule has 0 aliphatic carbocycles. The Bertz CT molecular complexity index is 1760. The molecule has 11 heteroatoms. The minimum absolute atomic E-state index is 0.0428. The number of benzene rings is 3. The van der Waals surface area contributed by atoms with E-state index in [0.29, 0.717) is 11.5 Å². The van der Waals surface area contributed by atoms with E-state index in [9.17, 15) is 9.18 Å². The van der Waals surface area contributed by atoms with Crippen molar-refractivity contribution in [1.82, 2.24) is 9.55 Å². The number of ether oxygens (including phenoxy) is 4. The van der Waals surface area contributed by atoms with Crippen LogP contribution in [0.25, 0.3) is 0 Å². The molecule has 3 aromatic carbocycles. The summed E-state index contributed by atoms with van der Waals surface area (Å²) in [6, 6.07) is 25.4. The summed E-state index contributed by atoms with van der Waals surface area (Å²) in [7, 11) is 0.810. The molecule has 5 rings (SSSR count). The van der Waals surface area contributed by atoms with E-state index in [-0.39, 0.29) is 18.1 Å². The molecule has 1 aliphatic rings. The van der Waals surface area contributed by atoms with Gasteiger partial charge < -0.3 is 29.1 Å². The van der Waals surface area contributed by atoms with E-state index in [4.69, 9.17) is 29.1 Å². The molecule has 0 bridgehead atoms. The van der Waals surface area contributed by atoms with Crippen molar-refractivity contribution in [2.45, 2.75) is 68.9 Å². The van der Waals surface area contributed by atoms with E-state index >= 15 is 0 Å². The first kappa shape index (κ1) is 36.0. The summed E-state index contributed by atoms with van der Waals surface area (Å²) < 4.78 is 47.8. The Morgan fingerprint density at radius 3 is 2.00 bits per heavy atom. The largest absolute Gasteiger partial charge is 0.497 e. The molecule has 2 heterocycles. The van der Waals surface area contributed by atoms with Gasteiger partial charge in [-0.3, -0.25) is 4.57 Å². The fourth-order valence-corrected chi connectivity index (χ4v) is 7.30. The van der Waals surface area contributed by atoms with Crippen LogP contribution in [-0.2, 0) is 19.5 Å². The van der Waals surface area contributed by atoms with E-state index < -0.39 is 49.2 Å². The SMILES string of the molecule is C=C[C@]1(COC(c2ccccc2)(c2ccc(OC)cc2)c2ccc(OC)cc2)O[C@@H](n2cc(F)c(N)nc2=O)C[C@@H]1O[Si](C)(C)C(C)(C)C. The maximum Gasteiger partial charge on any atom is 0.351 e. The van der Waals surface area contributed by atoms with Crippen molar-refractivity contribution >= 4 is 14.1 Å². The number of halogens is 1. The number of nitrogen functional groups attached to an aromatic ring is 1. The van der Waals surface area contributed by atoms with Crippen LogP contribution >= 0.6 is 0 Å². The zero-order chi connectivity index (χ0) is 35.6. The Hall–Kier alpha value is -4.29. The van der Waals surface area contributed by atoms with Crippen LogP contribution in [0.15, 0.2) is 103 Å². The molecule has 49 heavy (non-hydrogen) atoms. The summed E-state index contributed by atoms with van der Waals surface area (Å²) >= 11 is 0. The standard InChI is InChI=1S/C38H46FN3O6Si/c1-9-37(32(48-49(7,8)36(2,3)4)23-33(47-37)42-24-31(39)34(40)41-35(42)43)25-46-38(26-13-11-10-12-14-26,27-15-19-29(44-5)20-16-27)28-17-21-30(45-6)22-18-28/h9-22,24,32-33H,1,23,25H2,2-8H3,(H2,40,41,43)/t32-,33+,37+/m0/s1. The number of methoxy groups -OCH3 is 2. The zero-order valence-corrected chi connectivity index (χ0v) is 30.2. The third kappa shape index (κ3) is 6.93. The van der Waals surface area contributed by atoms with Gasteiger partial charge >= 0.3 is 5.69 Å². The van der Waals surface area contributed by atoms with Crippen LogP contribution in [0.2, 0.25) is 18.1 Å². The number of rotatable bonds is 12. The van der Waals surface area contributed by atoms with Gasteiger partial charge in [-0.15, -0.1) is 6.58 Å². The fraction of sp³-hybridized carbons (Fsp3) is 0.368. The van der Waals surface area contributed by atoms with Crippen molar-refractivity contribution in [1.29, 1.82) is 0 Å². The van der Waals surface area contributed by atoms with Crippen LogP contribution in [0, 0.1) is 5.82 Å². The lowest BCUT2D eigenvalue weighted by Gasteiger charge is -2.44. The third-order valence-corrected chi connectivity index (χ3v) is 14.3. The third-order valence-electron chi connectivity index (χ3n) is 9.84. The van der Waals surface area contributed by atoms with Crippen molar-refractivity contribution < 1.29 is 27.8 Å². The summed E-state index contributed by atoms with van der Waals surface area (Å²) in [6.45, 7) is 14.9. The monoisotopic (exact) mass is 687 g/mol. The molecular formula is C38H46FN3O6Si. The Labute approximate surface area is 288 Å². The molecule has 3 atom stereocenters. The predicted molar refractivity (Wildman–Crippen MR) is 191 cm³/mol. The van der Waals surface area contributed by atoms with Gasteiger partial charge in [-0.25, -0.2) is 9.18 Å². The lowest BCUT2D eigenvalue weighted by atomic mass is 9.79. The number of hydrogen-bond donors (Lipinski definition) is 1. The highest BCUT2D eigenvalue weighted by atomic mass is 28.4. The normalized spacial score (nSPS) is 19.8. The zero-order valence-electron chi connectivity index (χ0n) is 29.2. The Kier molecular flexibility index (Phi) is 10.2. The first-order valence-corrected chi connectivity index (χ1v) is 19.1. The summed E-state index contributed by atoms with van der Waals surface area (Å²) in [5.41, 5.74) is 4.98. The Morgan fingerprint density at radius 1 is 0.980 bits per heavy atom. The Morgan fingerprint density at radius 2 is 1.51 bits per heavy atom. The van der Waals surface area contributed by atoms with Crippen molar-refractivity contribution in [3.8, 4) is 11.5 Å². The molecular weight excluding hydrogens is 642 g/mol. The molecule has 0 saturated carbocycles. The summed E-state index contributed by atoms with van der Waals surface area (Å²) in [5.74, 6) is 0.1000. The number of nitrogens with zero attached hydrogens (tertiary/aromatic N) is 2. The molecule has 9 nitrogen and oxygen atoms in total. The second kappa shape index (κ2) is 13.9. The quantitative estimate of drug-likeness (QED) is 0.0945. The van der Waals surface area contributed by atoms with Gasteiger partial charge in [-0.05, 0) is 59.1 Å². The fourth-order valence-electron chi connectivity index (χ4n) is 5.94. The van der Waals surface area contributed by atoms with Crippen molar-refractivity contribution in [2.24, 2.45) is 0 Å². The molecule has 0 unspecified atom stereocenters. The molecule has 1 aromatic heterocycles. The smallest absolute Gasteiger partial charge is 0.351 e. The highest BCUT2D eigenvalue weighted by molar-refractivity contribution is 6.74. The maximum absolute atomic E-state index is 14.7. The van der Waals surface area contributed by atoms with Gasteiger partial charge in [0.05, 0.1) is 33.1 Å². The lowest BCUT2D eigenvalue weighted by Crippen LogP contribution is -2.52. The lowest BCUT2D eigenvalue weighted by molar-refractivity contribution is -0.134. The van der Waals surface area contributed by atoms with Crippen molar-refractivity contribution in [2.75, 3.05) is 26.6 Å². The maximum atomic E-state index is 14.7. The molecule has 260 valence electrons. The highest BCUT2D eigenvalue weighted by Crippen LogP contribution is 2.48. The predicted octanol–water partition coefficient (Wildman–Crippen LogP) is 7.22. The van der Waals surface area contributed by atoms with Crippen molar-refractivity contribution in [3.63, 3.8) is 0 Å². The van der Waals surface area contributed by atoms with Gasteiger partial charge in [-0.1, -0.05) is 81.4 Å². The van der Waals surface area contributed by atoms with Gasteiger partial charge in [0.1, 0.15) is 28.9 Å². The molecule has 0 spiro atoms. The molecule has 0 radical (unpaired) electrons. The van der Waals surface area contributed by atoms with Crippen LogP contribution in [0.4, 0.5) is 10.2 Å². The average molecular weight is 688 g/mol. The van der Waals surface area contributed by atoms with Gasteiger partial charge in [-0.2, -0.15) is 4.98 Å². The first-order chi connectivity index (χ1) is 23.2. The van der Waals surface area contributed by atoms with Gasteiger partial charge in [0.15, 0.2) is 20.0 Å². The number of aromatic nitrogens is 2. The number of anilines is 1. The minimum atomic E-state index is -2.44. The first-order valence-electron chi connectivity index (χ1n) is 16.2. The molecule has 1 aliphatic heterocycles. The summed E-state index contributed by atoms with van der Waals surface area (Å²) in [5, 5.41) is -0.148. The second-order valence-electron chi connectivity index (χ2n) is 13.8. The van der Waals surface area contributed by atoms with Gasteiger partial charge in [0.2, 0.25) is 0 Å². The van der Waals surface area contributed by atoms with E-state index in [1.54, 1.807) is 20.3 Å². The van der Waals surface area contributed by atoms with Crippen LogP contribution in [-0.4, -0.2) is 50.4 Å².